The van der Waals surface area contributed by atoms with E-state index in [0.717, 1.165) is 0 Å². The molecule has 1 unspecified atom stereocenters. The van der Waals surface area contributed by atoms with Crippen LogP contribution in [0, 0.1) is 0 Å². The lowest BCUT2D eigenvalue weighted by Gasteiger charge is -2.35. The van der Waals surface area contributed by atoms with Crippen LogP contribution in [0.4, 0.5) is 35.1 Å². The van der Waals surface area contributed by atoms with E-state index < -0.39 is 70.2 Å². The fourth-order valence-corrected chi connectivity index (χ4v) is 3.10. The first-order chi connectivity index (χ1) is 14.8. The number of hydrogen-bond donors (Lipinski definition) is 0. The number of rotatable bonds is 10. The summed E-state index contributed by atoms with van der Waals surface area (Å²) >= 11 is 0. The van der Waals surface area contributed by atoms with Crippen LogP contribution < -0.4 is 0 Å². The van der Waals surface area contributed by atoms with Gasteiger partial charge in [-0.3, -0.25) is 0 Å². The highest BCUT2D eigenvalue weighted by atomic mass is 32.2. The SMILES string of the molecule is C=C(F)C(=O)OC(OCCC(F)(F)C(F)(F)S(=O)(=O)[O-])(C(=O)OC1CCCCC1)C(F)(F)F. The Morgan fingerprint density at radius 3 is 1.94 bits per heavy atom. The average Bonchev–Trinajstić information content (AvgIpc) is 2.65. The summed E-state index contributed by atoms with van der Waals surface area (Å²) in [5, 5.41) is -6.27. The van der Waals surface area contributed by atoms with E-state index in [0.29, 0.717) is 19.3 Å². The second kappa shape index (κ2) is 10.1. The van der Waals surface area contributed by atoms with Gasteiger partial charge >= 0.3 is 35.1 Å². The normalized spacial score (nSPS) is 18.3. The van der Waals surface area contributed by atoms with Crippen molar-refractivity contribution in [3.63, 3.8) is 0 Å². The van der Waals surface area contributed by atoms with Crippen LogP contribution in [0.25, 0.3) is 0 Å². The highest BCUT2D eigenvalue weighted by Gasteiger charge is 2.69. The van der Waals surface area contributed by atoms with Crippen molar-refractivity contribution in [2.24, 2.45) is 0 Å². The first-order valence-corrected chi connectivity index (χ1v) is 10.4. The fourth-order valence-electron chi connectivity index (χ4n) is 2.63. The van der Waals surface area contributed by atoms with Crippen LogP contribution in [0.15, 0.2) is 12.4 Å². The van der Waals surface area contributed by atoms with Gasteiger partial charge in [0.1, 0.15) is 6.10 Å². The van der Waals surface area contributed by atoms with Gasteiger partial charge in [-0.25, -0.2) is 18.0 Å². The van der Waals surface area contributed by atoms with E-state index in [4.69, 9.17) is 0 Å². The molecule has 0 aliphatic heterocycles. The van der Waals surface area contributed by atoms with E-state index in [9.17, 15) is 57.7 Å². The summed E-state index contributed by atoms with van der Waals surface area (Å²) in [6.45, 7) is 0.120. The lowest BCUT2D eigenvalue weighted by Crippen LogP contribution is -2.59. The number of alkyl halides is 7. The molecular weight excluding hydrogens is 504 g/mol. The van der Waals surface area contributed by atoms with Gasteiger partial charge in [-0.2, -0.15) is 35.1 Å². The van der Waals surface area contributed by atoms with E-state index in [1.54, 1.807) is 0 Å². The van der Waals surface area contributed by atoms with Gasteiger partial charge in [0.25, 0.3) is 0 Å². The van der Waals surface area contributed by atoms with E-state index in [-0.39, 0.29) is 12.8 Å². The van der Waals surface area contributed by atoms with Gasteiger partial charge in [0, 0.05) is 6.42 Å². The van der Waals surface area contributed by atoms with Gasteiger partial charge in [-0.1, -0.05) is 13.0 Å². The Labute approximate surface area is 181 Å². The molecule has 1 aliphatic carbocycles. The Morgan fingerprint density at radius 1 is 1.00 bits per heavy atom. The van der Waals surface area contributed by atoms with E-state index in [1.165, 1.54) is 0 Å². The van der Waals surface area contributed by atoms with Gasteiger partial charge in [-0.05, 0) is 25.7 Å². The molecule has 8 nitrogen and oxygen atoms in total. The molecule has 1 rings (SSSR count). The smallest absolute Gasteiger partial charge is 0.468 e. The molecule has 0 spiro atoms. The molecule has 0 radical (unpaired) electrons. The zero-order chi connectivity index (χ0) is 25.9. The first-order valence-electron chi connectivity index (χ1n) is 8.99. The summed E-state index contributed by atoms with van der Waals surface area (Å²) < 4.78 is 151. The number of carbonyl (C=O) groups excluding carboxylic acids is 2. The Balaban J connectivity index is 3.26. The third kappa shape index (κ3) is 6.53. The van der Waals surface area contributed by atoms with E-state index in [1.807, 2.05) is 0 Å². The summed E-state index contributed by atoms with van der Waals surface area (Å²) in [7, 11) is -6.97. The van der Waals surface area contributed by atoms with Crippen LogP contribution in [-0.2, 0) is 33.9 Å². The molecule has 0 bridgehead atoms. The zero-order valence-electron chi connectivity index (χ0n) is 16.4. The lowest BCUT2D eigenvalue weighted by molar-refractivity contribution is -0.358. The maximum atomic E-state index is 13.7. The number of esters is 2. The number of carbonyl (C=O) groups is 2. The highest BCUT2D eigenvalue weighted by Crippen LogP contribution is 2.42. The van der Waals surface area contributed by atoms with Crippen LogP contribution in [0.3, 0.4) is 0 Å². The second-order valence-corrected chi connectivity index (χ2v) is 8.27. The molecule has 1 fully saturated rings. The van der Waals surface area contributed by atoms with Crippen LogP contribution in [0.5, 0.6) is 0 Å². The van der Waals surface area contributed by atoms with Crippen molar-refractivity contribution in [2.75, 3.05) is 6.61 Å². The monoisotopic (exact) mass is 521 g/mol. The largest absolute Gasteiger partial charge is 0.743 e. The molecule has 1 saturated carbocycles. The van der Waals surface area contributed by atoms with Crippen molar-refractivity contribution >= 4 is 22.1 Å². The van der Waals surface area contributed by atoms with Gasteiger partial charge in [0.05, 0.1) is 6.61 Å². The standard InChI is InChI=1S/C16H18F8O8S/c1-9(17)11(25)32-14(15(20,21)22,12(26)31-10-5-3-2-4-6-10)30-8-7-13(18,19)16(23,24)33(27,28)29/h10H,1-8H2,(H,27,28,29)/p-1. The van der Waals surface area contributed by atoms with Gasteiger partial charge < -0.3 is 18.8 Å². The van der Waals surface area contributed by atoms with Gasteiger partial charge in [0.15, 0.2) is 10.1 Å². The van der Waals surface area contributed by atoms with Crippen LogP contribution in [-0.4, -0.2) is 60.8 Å². The zero-order valence-corrected chi connectivity index (χ0v) is 17.2. The minimum atomic E-state index is -6.97. The predicted octanol–water partition coefficient (Wildman–Crippen LogP) is 3.33. The number of halogens is 8. The minimum absolute atomic E-state index is 0.0646. The van der Waals surface area contributed by atoms with Crippen LogP contribution in [0.1, 0.15) is 38.5 Å². The summed E-state index contributed by atoms with van der Waals surface area (Å²) in [6, 6.07) is 0. The molecule has 192 valence electrons. The lowest BCUT2D eigenvalue weighted by atomic mass is 9.98. The Kier molecular flexibility index (Phi) is 8.87. The van der Waals surface area contributed by atoms with Crippen LogP contribution in [0.2, 0.25) is 0 Å². The van der Waals surface area contributed by atoms with Crippen molar-refractivity contribution in [1.29, 1.82) is 0 Å². The Morgan fingerprint density at radius 2 is 1.52 bits per heavy atom. The number of hydrogen-bond acceptors (Lipinski definition) is 8. The molecule has 17 heteroatoms. The molecule has 1 atom stereocenters. The third-order valence-electron chi connectivity index (χ3n) is 4.39. The molecular formula is C16H17F8O8S-. The number of ether oxygens (including phenoxy) is 3. The minimum Gasteiger partial charge on any atom is -0.743 e. The molecule has 0 aromatic heterocycles. The molecule has 0 aromatic carbocycles. The predicted molar refractivity (Wildman–Crippen MR) is 88.3 cm³/mol. The van der Waals surface area contributed by atoms with E-state index in [2.05, 4.69) is 20.8 Å². The Hall–Kier alpha value is -2.01. The molecule has 0 aromatic rings. The molecule has 0 heterocycles. The van der Waals surface area contributed by atoms with Gasteiger partial charge in [0.2, 0.25) is 5.83 Å². The average molecular weight is 521 g/mol. The highest BCUT2D eigenvalue weighted by molar-refractivity contribution is 7.86. The molecule has 0 saturated heterocycles. The van der Waals surface area contributed by atoms with Crippen molar-refractivity contribution in [2.45, 2.75) is 67.8 Å². The topological polar surface area (TPSA) is 119 Å². The quantitative estimate of drug-likeness (QED) is 0.141. The van der Waals surface area contributed by atoms with Crippen molar-refractivity contribution in [3.8, 4) is 0 Å². The van der Waals surface area contributed by atoms with Crippen molar-refractivity contribution in [1.82, 2.24) is 0 Å². The van der Waals surface area contributed by atoms with E-state index >= 15 is 0 Å². The maximum Gasteiger partial charge on any atom is 0.468 e. The van der Waals surface area contributed by atoms with Gasteiger partial charge in [-0.15, -0.1) is 0 Å². The second-order valence-electron chi connectivity index (χ2n) is 6.85. The molecule has 33 heavy (non-hydrogen) atoms. The van der Waals surface area contributed by atoms with Crippen molar-refractivity contribution < 1.29 is 71.9 Å². The summed E-state index contributed by atoms with van der Waals surface area (Å²) in [5.74, 6) is -17.9. The molecule has 0 amide bonds. The summed E-state index contributed by atoms with van der Waals surface area (Å²) in [5.41, 5.74) is 0. The Bertz CT molecular complexity index is 851. The first kappa shape index (κ1) is 29.0. The van der Waals surface area contributed by atoms with Crippen LogP contribution >= 0.6 is 0 Å². The maximum absolute atomic E-state index is 13.7. The summed E-state index contributed by atoms with van der Waals surface area (Å²) in [4.78, 5) is 23.7. The molecule has 1 aliphatic rings. The third-order valence-corrected chi connectivity index (χ3v) is 5.31. The fraction of sp³-hybridized carbons (Fsp3) is 0.750. The van der Waals surface area contributed by atoms with Crippen molar-refractivity contribution in [3.05, 3.63) is 12.4 Å². The molecule has 0 N–H and O–H groups in total. The summed E-state index contributed by atoms with van der Waals surface area (Å²) in [6.07, 6.45) is -8.22.